The molecule has 0 atom stereocenters. The second-order valence-electron chi connectivity index (χ2n) is 12.0. The zero-order valence-electron chi connectivity index (χ0n) is 27.4. The van der Waals surface area contributed by atoms with Crippen molar-refractivity contribution < 1.29 is 36.7 Å². The van der Waals surface area contributed by atoms with Crippen LogP contribution in [0.25, 0.3) is 10.9 Å². The fourth-order valence-electron chi connectivity index (χ4n) is 6.04. The van der Waals surface area contributed by atoms with Crippen LogP contribution in [0.3, 0.4) is 0 Å². The molecule has 6 rings (SSSR count). The molecule has 0 unspecified atom stereocenters. The van der Waals surface area contributed by atoms with Crippen LogP contribution in [0, 0.1) is 12.7 Å². The Balaban J connectivity index is 1.29. The number of nitrogens with zero attached hydrogens (tertiary/aromatic N) is 1. The average Bonchev–Trinajstić information content (AvgIpc) is 3.73. The maximum Gasteiger partial charge on any atom is 0.411 e. The highest BCUT2D eigenvalue weighted by atomic mass is 32.2. The molecule has 0 bridgehead atoms. The second-order valence-corrected chi connectivity index (χ2v) is 13.7. The summed E-state index contributed by atoms with van der Waals surface area (Å²) in [4.78, 5) is 39.2. The van der Waals surface area contributed by atoms with Crippen molar-refractivity contribution in [1.29, 1.82) is 0 Å². The normalized spacial score (nSPS) is 13.2. The monoisotopic (exact) mass is 698 g/mol. The van der Waals surface area contributed by atoms with Crippen LogP contribution in [0.5, 0.6) is 5.75 Å². The van der Waals surface area contributed by atoms with Gasteiger partial charge in [0.2, 0.25) is 0 Å². The standard InChI is InChI=1S/C37H35FN4O7S/c1-23-7-3-6-10-34(23)50(46,47)41-35(43)25-12-11-24(33(20-25)48-2)19-26-22-42(36(44)39-28-15-13-27(38)14-16-28)32-18-17-29(21-31(26)32)40-37(45)49-30-8-4-5-9-30/h3,6-7,10-18,20-22,30H,4-5,8-9,19H2,1-2H3,(H,39,44)(H,40,45)(H,41,43). The van der Waals surface area contributed by atoms with Crippen LogP contribution < -0.4 is 20.1 Å². The highest BCUT2D eigenvalue weighted by Gasteiger charge is 2.23. The zero-order chi connectivity index (χ0) is 35.4. The van der Waals surface area contributed by atoms with Crippen LogP contribution in [-0.4, -0.2) is 44.2 Å². The van der Waals surface area contributed by atoms with E-state index in [1.165, 1.54) is 54.1 Å². The number of halogens is 1. The first-order chi connectivity index (χ1) is 24.0. The molecule has 1 saturated carbocycles. The Labute approximate surface area is 288 Å². The molecule has 1 aliphatic carbocycles. The number of carbonyl (C=O) groups excluding carboxylic acids is 3. The van der Waals surface area contributed by atoms with E-state index in [1.54, 1.807) is 55.6 Å². The van der Waals surface area contributed by atoms with Gasteiger partial charge in [-0.1, -0.05) is 24.3 Å². The average molecular weight is 699 g/mol. The Bertz CT molecular complexity index is 2190. The number of amides is 3. The Morgan fingerprint density at radius 3 is 2.32 bits per heavy atom. The molecule has 4 aromatic carbocycles. The Morgan fingerprint density at radius 1 is 0.880 bits per heavy atom. The maximum absolute atomic E-state index is 13.5. The first kappa shape index (κ1) is 34.2. The summed E-state index contributed by atoms with van der Waals surface area (Å²) in [6, 6.07) is 20.9. The lowest BCUT2D eigenvalue weighted by atomic mass is 10.0. The van der Waals surface area contributed by atoms with Gasteiger partial charge in [0, 0.05) is 34.9 Å². The SMILES string of the molecule is COc1cc(C(=O)NS(=O)(=O)c2ccccc2C)ccc1Cc1cn(C(=O)Nc2ccc(F)cc2)c2ccc(NC(=O)OC3CCCC3)cc12. The molecule has 3 amide bonds. The summed E-state index contributed by atoms with van der Waals surface area (Å²) < 4.78 is 54.1. The third-order valence-corrected chi connectivity index (χ3v) is 10.1. The number of methoxy groups -OCH3 is 1. The molecule has 11 nitrogen and oxygen atoms in total. The van der Waals surface area contributed by atoms with Crippen LogP contribution in [-0.2, 0) is 21.2 Å². The molecule has 3 N–H and O–H groups in total. The van der Waals surface area contributed by atoms with Crippen LogP contribution >= 0.6 is 0 Å². The van der Waals surface area contributed by atoms with E-state index in [0.29, 0.717) is 44.7 Å². The summed E-state index contributed by atoms with van der Waals surface area (Å²) in [6.07, 6.45) is 4.89. The van der Waals surface area contributed by atoms with Gasteiger partial charge in [-0.2, -0.15) is 0 Å². The van der Waals surface area contributed by atoms with Crippen molar-refractivity contribution in [3.05, 3.63) is 119 Å². The lowest BCUT2D eigenvalue weighted by Gasteiger charge is -2.13. The fraction of sp³-hybridized carbons (Fsp3) is 0.216. The van der Waals surface area contributed by atoms with Crippen LogP contribution in [0.15, 0.2) is 96.0 Å². The van der Waals surface area contributed by atoms with Crippen molar-refractivity contribution in [1.82, 2.24) is 9.29 Å². The molecule has 0 radical (unpaired) electrons. The third kappa shape index (κ3) is 7.62. The number of carbonyl (C=O) groups is 3. The first-order valence-corrected chi connectivity index (χ1v) is 17.5. The molecule has 1 aliphatic rings. The van der Waals surface area contributed by atoms with Crippen molar-refractivity contribution in [3.8, 4) is 5.75 Å². The number of sulfonamides is 1. The van der Waals surface area contributed by atoms with E-state index in [2.05, 4.69) is 15.4 Å². The predicted octanol–water partition coefficient (Wildman–Crippen LogP) is 7.38. The summed E-state index contributed by atoms with van der Waals surface area (Å²) >= 11 is 0. The van der Waals surface area contributed by atoms with E-state index in [9.17, 15) is 27.2 Å². The van der Waals surface area contributed by atoms with Gasteiger partial charge in [-0.3, -0.25) is 14.7 Å². The Kier molecular flexibility index (Phi) is 9.86. The van der Waals surface area contributed by atoms with Crippen molar-refractivity contribution in [3.63, 3.8) is 0 Å². The fourth-order valence-corrected chi connectivity index (χ4v) is 7.26. The van der Waals surface area contributed by atoms with Crippen molar-refractivity contribution in [2.75, 3.05) is 17.7 Å². The first-order valence-electron chi connectivity index (χ1n) is 16.0. The number of fused-ring (bicyclic) bond motifs is 1. The smallest absolute Gasteiger partial charge is 0.411 e. The minimum Gasteiger partial charge on any atom is -0.496 e. The largest absolute Gasteiger partial charge is 0.496 e. The van der Waals surface area contributed by atoms with Gasteiger partial charge < -0.3 is 14.8 Å². The van der Waals surface area contributed by atoms with Crippen LogP contribution in [0.1, 0.15) is 52.7 Å². The van der Waals surface area contributed by atoms with E-state index < -0.39 is 33.9 Å². The molecule has 50 heavy (non-hydrogen) atoms. The quantitative estimate of drug-likeness (QED) is 0.146. The van der Waals surface area contributed by atoms with Gasteiger partial charge in [0.15, 0.2) is 0 Å². The number of aromatic nitrogens is 1. The molecule has 13 heteroatoms. The van der Waals surface area contributed by atoms with Gasteiger partial charge in [0.05, 0.1) is 17.5 Å². The van der Waals surface area contributed by atoms with Gasteiger partial charge in [0.25, 0.3) is 15.9 Å². The number of anilines is 2. The minimum absolute atomic E-state index is 0.00236. The van der Waals surface area contributed by atoms with E-state index in [-0.39, 0.29) is 23.0 Å². The zero-order valence-corrected chi connectivity index (χ0v) is 28.2. The van der Waals surface area contributed by atoms with E-state index in [0.717, 1.165) is 25.7 Å². The van der Waals surface area contributed by atoms with Crippen LogP contribution in [0.4, 0.5) is 25.4 Å². The van der Waals surface area contributed by atoms with Crippen molar-refractivity contribution in [2.45, 2.75) is 50.0 Å². The number of nitrogens with one attached hydrogen (secondary N) is 3. The summed E-state index contributed by atoms with van der Waals surface area (Å²) in [5, 5.41) is 6.20. The van der Waals surface area contributed by atoms with Gasteiger partial charge in [-0.25, -0.2) is 27.1 Å². The molecule has 1 aromatic heterocycles. The molecule has 1 heterocycles. The lowest BCUT2D eigenvalue weighted by molar-refractivity contribution is 0.0980. The highest BCUT2D eigenvalue weighted by molar-refractivity contribution is 7.90. The predicted molar refractivity (Wildman–Crippen MR) is 187 cm³/mol. The van der Waals surface area contributed by atoms with Crippen molar-refractivity contribution in [2.24, 2.45) is 0 Å². The summed E-state index contributed by atoms with van der Waals surface area (Å²) in [6.45, 7) is 1.64. The molecule has 0 aliphatic heterocycles. The molecular formula is C37H35FN4O7S. The number of benzene rings is 4. The molecule has 0 spiro atoms. The maximum atomic E-state index is 13.5. The summed E-state index contributed by atoms with van der Waals surface area (Å²) in [5.41, 5.74) is 3.28. The molecule has 0 saturated heterocycles. The molecule has 5 aromatic rings. The van der Waals surface area contributed by atoms with Gasteiger partial charge in [-0.15, -0.1) is 0 Å². The Hall–Kier alpha value is -5.69. The van der Waals surface area contributed by atoms with E-state index in [4.69, 9.17) is 9.47 Å². The van der Waals surface area contributed by atoms with E-state index >= 15 is 0 Å². The molecule has 1 fully saturated rings. The topological polar surface area (TPSA) is 145 Å². The third-order valence-electron chi connectivity index (χ3n) is 8.56. The van der Waals surface area contributed by atoms with Gasteiger partial charge >= 0.3 is 12.1 Å². The number of rotatable bonds is 9. The minimum atomic E-state index is -4.13. The molecular weight excluding hydrogens is 663 g/mol. The van der Waals surface area contributed by atoms with E-state index in [1.807, 2.05) is 0 Å². The summed E-state index contributed by atoms with van der Waals surface area (Å²) in [7, 11) is -2.70. The van der Waals surface area contributed by atoms with Crippen molar-refractivity contribution >= 4 is 50.3 Å². The Morgan fingerprint density at radius 2 is 1.60 bits per heavy atom. The van der Waals surface area contributed by atoms with Crippen LogP contribution in [0.2, 0.25) is 0 Å². The molecule has 258 valence electrons. The lowest BCUT2D eigenvalue weighted by Crippen LogP contribution is -2.31. The second kappa shape index (κ2) is 14.4. The number of ether oxygens (including phenoxy) is 2. The van der Waals surface area contributed by atoms with Gasteiger partial charge in [-0.05, 0) is 110 Å². The summed E-state index contributed by atoms with van der Waals surface area (Å²) in [5.74, 6) is -0.946. The number of aryl methyl sites for hydroxylation is 1. The highest BCUT2D eigenvalue weighted by Crippen LogP contribution is 2.31. The number of hydrogen-bond acceptors (Lipinski definition) is 7. The van der Waals surface area contributed by atoms with Gasteiger partial charge in [0.1, 0.15) is 17.7 Å². The number of hydrogen-bond donors (Lipinski definition) is 3.